The summed E-state index contributed by atoms with van der Waals surface area (Å²) in [5.74, 6) is 0.186. The number of hydrogen-bond donors (Lipinski definition) is 4. The second-order valence-corrected chi connectivity index (χ2v) is 7.03. The van der Waals surface area contributed by atoms with E-state index >= 15 is 0 Å². The summed E-state index contributed by atoms with van der Waals surface area (Å²) in [7, 11) is 0. The number of aliphatic hydroxyl groups excluding tert-OH is 3. The Kier molecular flexibility index (Phi) is 4.02. The second-order valence-electron chi connectivity index (χ2n) is 4.07. The molecule has 0 bridgehead atoms. The fourth-order valence-electron chi connectivity index (χ4n) is 1.81. The predicted molar refractivity (Wildman–Crippen MR) is 55.6 cm³/mol. The van der Waals surface area contributed by atoms with Gasteiger partial charge in [-0.15, -0.1) is 0 Å². The van der Waals surface area contributed by atoms with Crippen molar-refractivity contribution in [3.63, 3.8) is 0 Å². The van der Waals surface area contributed by atoms with Gasteiger partial charge in [-0.1, -0.05) is 0 Å². The second kappa shape index (κ2) is 5.21. The summed E-state index contributed by atoms with van der Waals surface area (Å²) in [6.45, 7) is -0.441. The van der Waals surface area contributed by atoms with Gasteiger partial charge in [-0.25, -0.2) is 0 Å². The Hall–Kier alpha value is -0.545. The molecule has 0 unspecified atom stereocenters. The molecule has 9 heteroatoms. The van der Waals surface area contributed by atoms with Crippen LogP contribution in [0.15, 0.2) is 11.0 Å². The van der Waals surface area contributed by atoms with Gasteiger partial charge in [0.1, 0.15) is 0 Å². The third-order valence-corrected chi connectivity index (χ3v) is 4.97. The van der Waals surface area contributed by atoms with Crippen molar-refractivity contribution in [2.75, 3.05) is 12.3 Å². The summed E-state index contributed by atoms with van der Waals surface area (Å²) in [6.07, 6.45) is -3.03. The average molecular weight is 443 g/mol. The van der Waals surface area contributed by atoms with Crippen LogP contribution in [0.5, 0.6) is 0 Å². The Balaban J connectivity index is 2.39. The normalized spacial score (nSPS) is 31.8. The molecule has 1 aromatic heterocycles. The van der Waals surface area contributed by atoms with Gasteiger partial charge in [-0.2, -0.15) is 0 Å². The van der Waals surface area contributed by atoms with Crippen LogP contribution >= 0.6 is 0 Å². The zero-order valence-corrected chi connectivity index (χ0v) is 14.9. The summed E-state index contributed by atoms with van der Waals surface area (Å²) in [4.78, 5) is 15.3. The van der Waals surface area contributed by atoms with Crippen molar-refractivity contribution < 1.29 is 46.2 Å². The van der Waals surface area contributed by atoms with E-state index in [-0.39, 0.29) is 31.9 Å². The Morgan fingerprint density at radius 3 is 2.72 bits per heavy atom. The summed E-state index contributed by atoms with van der Waals surface area (Å²) >= 11 is 0.153. The monoisotopic (exact) mass is 444 g/mol. The quantitative estimate of drug-likeness (QED) is 0.351. The van der Waals surface area contributed by atoms with E-state index in [9.17, 15) is 15.0 Å². The van der Waals surface area contributed by atoms with Crippen LogP contribution in [0, 0.1) is 0 Å². The number of nitrogens with two attached hydrogens (primary N) is 1. The van der Waals surface area contributed by atoms with E-state index in [0.29, 0.717) is 0 Å². The van der Waals surface area contributed by atoms with Gasteiger partial charge >= 0.3 is 118 Å². The molecule has 1 aliphatic heterocycles. The molecule has 0 aliphatic carbocycles. The molecule has 1 aliphatic rings. The van der Waals surface area contributed by atoms with Gasteiger partial charge in [0.25, 0.3) is 0 Å². The number of rotatable bonds is 2. The van der Waals surface area contributed by atoms with Crippen LogP contribution in [0.2, 0.25) is 0 Å². The van der Waals surface area contributed by atoms with Crippen LogP contribution in [0.3, 0.4) is 0 Å². The van der Waals surface area contributed by atoms with Gasteiger partial charge in [-0.05, 0) is 0 Å². The molecule has 1 aromatic rings. The van der Waals surface area contributed by atoms with E-state index < -0.39 is 36.8 Å². The van der Waals surface area contributed by atoms with Crippen molar-refractivity contribution >= 4 is 8.89 Å². The molecule has 18 heavy (non-hydrogen) atoms. The SMILES string of the molecule is Nc1nc(=O)n([C@@H]2O[C@H](CO)[C@@H](O)[C@H]2O)c[c]1[Hg]. The van der Waals surface area contributed by atoms with Crippen LogP contribution in [0.4, 0.5) is 5.82 Å². The minimum atomic E-state index is -1.29. The van der Waals surface area contributed by atoms with Crippen molar-refractivity contribution in [2.24, 2.45) is 0 Å². The van der Waals surface area contributed by atoms with E-state index in [0.717, 1.165) is 7.64 Å². The van der Waals surface area contributed by atoms with Crippen LogP contribution in [-0.4, -0.2) is 49.8 Å². The predicted octanol–water partition coefficient (Wildman–Crippen LogP) is -3.39. The Morgan fingerprint density at radius 1 is 1.50 bits per heavy atom. The number of aliphatic hydroxyl groups is 3. The van der Waals surface area contributed by atoms with Crippen molar-refractivity contribution in [1.82, 2.24) is 9.55 Å². The molecule has 8 nitrogen and oxygen atoms in total. The summed E-state index contributed by atoms with van der Waals surface area (Å²) < 4.78 is 7.09. The zero-order valence-electron chi connectivity index (χ0n) is 9.43. The number of aromatic nitrogens is 2. The molecular formula is C9H12HgN3O5. The first-order valence-corrected chi connectivity index (χ1v) is 8.03. The number of ether oxygens (including phenoxy) is 1. The van der Waals surface area contributed by atoms with Crippen LogP contribution in [0.25, 0.3) is 0 Å². The molecule has 0 radical (unpaired) electrons. The number of nitrogens with zero attached hydrogens (tertiary/aromatic N) is 2. The fourth-order valence-corrected chi connectivity index (χ4v) is 2.89. The molecular weight excluding hydrogens is 431 g/mol. The molecule has 1 fully saturated rings. The summed E-state index contributed by atoms with van der Waals surface area (Å²) in [5, 5.41) is 28.4. The van der Waals surface area contributed by atoms with E-state index in [4.69, 9.17) is 15.6 Å². The first-order chi connectivity index (χ1) is 8.45. The third kappa shape index (κ3) is 2.30. The fraction of sp³-hybridized carbons (Fsp3) is 0.556. The molecule has 95 valence electrons. The molecule has 4 atom stereocenters. The Morgan fingerprint density at radius 2 is 2.17 bits per heavy atom. The van der Waals surface area contributed by atoms with Gasteiger partial charge in [0, 0.05) is 0 Å². The Bertz CT molecular complexity index is 507. The maximum absolute atomic E-state index is 11.7. The number of hydrogen-bond acceptors (Lipinski definition) is 7. The number of nitrogen functional groups attached to an aromatic ring is 1. The summed E-state index contributed by atoms with van der Waals surface area (Å²) in [6, 6.07) is 0. The van der Waals surface area contributed by atoms with Gasteiger partial charge in [-0.3, -0.25) is 0 Å². The third-order valence-electron chi connectivity index (χ3n) is 2.85. The molecule has 0 saturated carbocycles. The van der Waals surface area contributed by atoms with Gasteiger partial charge in [0.05, 0.1) is 0 Å². The standard InChI is InChI=1S/C9H12N3O5.Hg/c10-5-1-2-12(9(16)11-5)8-7(15)6(14)4(3-13)17-8;/h2,4,6-8,13-15H,3H2,(H2,10,11,16);/t4-,6-,7-,8-;/m1./s1. The first-order valence-electron chi connectivity index (χ1n) is 5.28. The molecule has 0 aromatic carbocycles. The molecule has 5 N–H and O–H groups in total. The molecule has 0 spiro atoms. The topological polar surface area (TPSA) is 131 Å². The van der Waals surface area contributed by atoms with Gasteiger partial charge < -0.3 is 0 Å². The molecule has 2 heterocycles. The number of anilines is 1. The molecule has 2 rings (SSSR count). The zero-order chi connectivity index (χ0) is 13.4. The van der Waals surface area contributed by atoms with Crippen LogP contribution < -0.4 is 14.5 Å². The average Bonchev–Trinajstić information content (AvgIpc) is 2.61. The molecule has 0 amide bonds. The van der Waals surface area contributed by atoms with Crippen molar-refractivity contribution in [2.45, 2.75) is 24.5 Å². The Labute approximate surface area is 118 Å². The van der Waals surface area contributed by atoms with E-state index in [2.05, 4.69) is 4.98 Å². The summed E-state index contributed by atoms with van der Waals surface area (Å²) in [5.41, 5.74) is 4.88. The van der Waals surface area contributed by atoms with Crippen molar-refractivity contribution in [1.29, 1.82) is 0 Å². The first kappa shape index (κ1) is 13.9. The maximum atomic E-state index is 11.7. The van der Waals surface area contributed by atoms with Crippen LogP contribution in [-0.2, 0) is 30.9 Å². The van der Waals surface area contributed by atoms with E-state index in [1.807, 2.05) is 0 Å². The van der Waals surface area contributed by atoms with Crippen molar-refractivity contribution in [3.8, 4) is 0 Å². The van der Waals surface area contributed by atoms with Crippen molar-refractivity contribution in [3.05, 3.63) is 16.7 Å². The van der Waals surface area contributed by atoms with Gasteiger partial charge in [0.2, 0.25) is 0 Å². The minimum absolute atomic E-state index is 0.153. The van der Waals surface area contributed by atoms with Crippen LogP contribution in [0.1, 0.15) is 6.23 Å². The van der Waals surface area contributed by atoms with E-state index in [1.54, 1.807) is 0 Å². The van der Waals surface area contributed by atoms with E-state index in [1.165, 1.54) is 6.20 Å². The molecule has 1 saturated heterocycles. The van der Waals surface area contributed by atoms with Gasteiger partial charge in [0.15, 0.2) is 0 Å².